The van der Waals surface area contributed by atoms with Crippen molar-refractivity contribution in [3.8, 4) is 5.75 Å². The lowest BCUT2D eigenvalue weighted by atomic mass is 10.1. The largest absolute Gasteiger partial charge is 0.506 e. The number of anilines is 1. The van der Waals surface area contributed by atoms with Crippen LogP contribution in [0.3, 0.4) is 0 Å². The van der Waals surface area contributed by atoms with E-state index in [0.717, 1.165) is 0 Å². The average Bonchev–Trinajstić information content (AvgIpc) is 2.54. The molecule has 122 valence electrons. The SMILES string of the molecule is Nc1cc(/N=N/c2cccc3cc(S(=O)(=O)O)ccc23)ccc1O. The van der Waals surface area contributed by atoms with Gasteiger partial charge in [0, 0.05) is 5.39 Å². The topological polar surface area (TPSA) is 125 Å². The molecule has 3 aromatic rings. The van der Waals surface area contributed by atoms with Crippen LogP contribution in [0, 0.1) is 0 Å². The Kier molecular flexibility index (Phi) is 3.92. The number of fused-ring (bicyclic) bond motifs is 1. The van der Waals surface area contributed by atoms with Gasteiger partial charge < -0.3 is 10.8 Å². The molecule has 8 heteroatoms. The number of aromatic hydroxyl groups is 1. The molecule has 0 amide bonds. The maximum absolute atomic E-state index is 11.2. The Morgan fingerprint density at radius 1 is 0.958 bits per heavy atom. The second-order valence-corrected chi connectivity index (χ2v) is 6.50. The first-order valence-corrected chi connectivity index (χ1v) is 8.29. The average molecular weight is 343 g/mol. The first kappa shape index (κ1) is 15.9. The third-order valence-corrected chi connectivity index (χ3v) is 4.26. The summed E-state index contributed by atoms with van der Waals surface area (Å²) in [6.45, 7) is 0. The number of nitrogens with two attached hydrogens (primary N) is 1. The lowest BCUT2D eigenvalue weighted by Gasteiger charge is -2.04. The van der Waals surface area contributed by atoms with Gasteiger partial charge in [-0.3, -0.25) is 4.55 Å². The van der Waals surface area contributed by atoms with Gasteiger partial charge in [0.25, 0.3) is 10.1 Å². The molecule has 0 aliphatic carbocycles. The first-order chi connectivity index (χ1) is 11.3. The van der Waals surface area contributed by atoms with Gasteiger partial charge in [-0.2, -0.15) is 13.5 Å². The fourth-order valence-electron chi connectivity index (χ4n) is 2.21. The van der Waals surface area contributed by atoms with E-state index in [0.29, 0.717) is 22.1 Å². The van der Waals surface area contributed by atoms with Crippen LogP contribution in [0.5, 0.6) is 5.75 Å². The second kappa shape index (κ2) is 5.91. The van der Waals surface area contributed by atoms with Crippen LogP contribution >= 0.6 is 0 Å². The van der Waals surface area contributed by atoms with Gasteiger partial charge in [-0.1, -0.05) is 18.2 Å². The summed E-state index contributed by atoms with van der Waals surface area (Å²) in [5, 5.41) is 18.9. The molecule has 0 atom stereocenters. The van der Waals surface area contributed by atoms with E-state index in [4.69, 9.17) is 10.3 Å². The summed E-state index contributed by atoms with van der Waals surface area (Å²) in [5.41, 5.74) is 6.80. The molecule has 0 saturated carbocycles. The number of nitrogen functional groups attached to an aromatic ring is 1. The Hall–Kier alpha value is -2.97. The second-order valence-electron chi connectivity index (χ2n) is 5.08. The van der Waals surface area contributed by atoms with E-state index in [2.05, 4.69) is 10.2 Å². The van der Waals surface area contributed by atoms with Crippen LogP contribution in [-0.2, 0) is 10.1 Å². The number of phenolic OH excluding ortho intramolecular Hbond substituents is 1. The van der Waals surface area contributed by atoms with Crippen molar-refractivity contribution in [2.75, 3.05) is 5.73 Å². The summed E-state index contributed by atoms with van der Waals surface area (Å²) in [4.78, 5) is -0.185. The Morgan fingerprint density at radius 3 is 2.46 bits per heavy atom. The highest BCUT2D eigenvalue weighted by atomic mass is 32.2. The number of rotatable bonds is 3. The van der Waals surface area contributed by atoms with E-state index < -0.39 is 10.1 Å². The predicted octanol–water partition coefficient (Wildman–Crippen LogP) is 3.79. The Bertz CT molecular complexity index is 1060. The number of hydrogen-bond donors (Lipinski definition) is 3. The van der Waals surface area contributed by atoms with Crippen LogP contribution in [0.4, 0.5) is 17.1 Å². The molecule has 3 aromatic carbocycles. The summed E-state index contributed by atoms with van der Waals surface area (Å²) < 4.78 is 31.5. The molecule has 0 spiro atoms. The van der Waals surface area contributed by atoms with Crippen LogP contribution in [0.25, 0.3) is 10.8 Å². The first-order valence-electron chi connectivity index (χ1n) is 6.85. The predicted molar refractivity (Wildman–Crippen MR) is 90.5 cm³/mol. The van der Waals surface area contributed by atoms with Crippen molar-refractivity contribution < 1.29 is 18.1 Å². The number of hydrogen-bond acceptors (Lipinski definition) is 6. The number of azo groups is 1. The smallest absolute Gasteiger partial charge is 0.294 e. The normalized spacial score (nSPS) is 12.0. The third-order valence-electron chi connectivity index (χ3n) is 3.41. The quantitative estimate of drug-likeness (QED) is 0.289. The number of nitrogens with zero attached hydrogens (tertiary/aromatic N) is 2. The zero-order valence-corrected chi connectivity index (χ0v) is 13.1. The molecule has 0 fully saturated rings. The maximum atomic E-state index is 11.2. The van der Waals surface area contributed by atoms with E-state index in [-0.39, 0.29) is 16.3 Å². The Morgan fingerprint density at radius 2 is 1.75 bits per heavy atom. The highest BCUT2D eigenvalue weighted by molar-refractivity contribution is 7.85. The van der Waals surface area contributed by atoms with Gasteiger partial charge in [0.1, 0.15) is 5.75 Å². The Balaban J connectivity index is 2.03. The minimum absolute atomic E-state index is 0.0307. The lowest BCUT2D eigenvalue weighted by Crippen LogP contribution is -1.97. The van der Waals surface area contributed by atoms with E-state index in [9.17, 15) is 13.5 Å². The number of benzene rings is 3. The van der Waals surface area contributed by atoms with Crippen molar-refractivity contribution in [3.05, 3.63) is 54.6 Å². The van der Waals surface area contributed by atoms with Crippen LogP contribution in [0.1, 0.15) is 0 Å². The van der Waals surface area contributed by atoms with Crippen molar-refractivity contribution in [2.45, 2.75) is 4.90 Å². The van der Waals surface area contributed by atoms with Crippen LogP contribution in [0.15, 0.2) is 69.7 Å². The van der Waals surface area contributed by atoms with E-state index in [1.165, 1.54) is 24.3 Å². The monoisotopic (exact) mass is 343 g/mol. The van der Waals surface area contributed by atoms with Gasteiger partial charge in [0.15, 0.2) is 0 Å². The molecule has 0 aromatic heterocycles. The van der Waals surface area contributed by atoms with E-state index >= 15 is 0 Å². The zero-order chi connectivity index (χ0) is 17.3. The van der Waals surface area contributed by atoms with Crippen LogP contribution < -0.4 is 5.73 Å². The molecule has 24 heavy (non-hydrogen) atoms. The van der Waals surface area contributed by atoms with Crippen LogP contribution in [0.2, 0.25) is 0 Å². The molecule has 3 rings (SSSR count). The highest BCUT2D eigenvalue weighted by Crippen LogP contribution is 2.31. The minimum atomic E-state index is -4.26. The minimum Gasteiger partial charge on any atom is -0.506 e. The number of phenols is 1. The molecule has 0 aliphatic rings. The molecule has 4 N–H and O–H groups in total. The molecular formula is C16H13N3O4S. The summed E-state index contributed by atoms with van der Waals surface area (Å²) in [6, 6.07) is 13.8. The highest BCUT2D eigenvalue weighted by Gasteiger charge is 2.10. The molecule has 0 bridgehead atoms. The third kappa shape index (κ3) is 3.19. The van der Waals surface area contributed by atoms with Crippen molar-refractivity contribution in [1.29, 1.82) is 0 Å². The fraction of sp³-hybridized carbons (Fsp3) is 0. The van der Waals surface area contributed by atoms with Crippen molar-refractivity contribution in [2.24, 2.45) is 10.2 Å². The van der Waals surface area contributed by atoms with E-state index in [1.807, 2.05) is 0 Å². The standard InChI is InChI=1S/C16H13N3O4S/c17-14-9-11(4-7-16(14)20)18-19-15-3-1-2-10-8-12(24(21,22)23)5-6-13(10)15/h1-9,20H,17H2,(H,21,22,23)/b19-18+. The van der Waals surface area contributed by atoms with Crippen molar-refractivity contribution >= 4 is 38.0 Å². The summed E-state index contributed by atoms with van der Waals surface area (Å²) in [6.07, 6.45) is 0. The molecule has 0 aliphatic heterocycles. The zero-order valence-electron chi connectivity index (χ0n) is 12.3. The van der Waals surface area contributed by atoms with Gasteiger partial charge in [-0.25, -0.2) is 0 Å². The van der Waals surface area contributed by atoms with Gasteiger partial charge >= 0.3 is 0 Å². The van der Waals surface area contributed by atoms with E-state index in [1.54, 1.807) is 30.3 Å². The maximum Gasteiger partial charge on any atom is 0.294 e. The summed E-state index contributed by atoms with van der Waals surface area (Å²) in [7, 11) is -4.26. The molecule has 0 radical (unpaired) electrons. The fourth-order valence-corrected chi connectivity index (χ4v) is 2.72. The molecule has 0 saturated heterocycles. The van der Waals surface area contributed by atoms with Gasteiger partial charge in [-0.15, -0.1) is 5.11 Å². The molecular weight excluding hydrogens is 330 g/mol. The lowest BCUT2D eigenvalue weighted by molar-refractivity contribution is 0.478. The molecule has 0 heterocycles. The summed E-state index contributed by atoms with van der Waals surface area (Å²) in [5.74, 6) is -0.0307. The van der Waals surface area contributed by atoms with Gasteiger partial charge in [-0.05, 0) is 41.8 Å². The molecule has 7 nitrogen and oxygen atoms in total. The summed E-state index contributed by atoms with van der Waals surface area (Å²) >= 11 is 0. The van der Waals surface area contributed by atoms with Crippen molar-refractivity contribution in [1.82, 2.24) is 0 Å². The Labute approximate surface area is 137 Å². The van der Waals surface area contributed by atoms with Crippen LogP contribution in [-0.4, -0.2) is 18.1 Å². The van der Waals surface area contributed by atoms with Crippen molar-refractivity contribution in [3.63, 3.8) is 0 Å². The van der Waals surface area contributed by atoms with Gasteiger partial charge in [0.05, 0.1) is 22.0 Å². The molecule has 0 unspecified atom stereocenters. The van der Waals surface area contributed by atoms with Gasteiger partial charge in [0.2, 0.25) is 0 Å².